The molecule has 1 atom stereocenters. The van der Waals surface area contributed by atoms with Crippen molar-refractivity contribution in [2.45, 2.75) is 26.1 Å². The van der Waals surface area contributed by atoms with Gasteiger partial charge < -0.3 is 5.32 Å². The van der Waals surface area contributed by atoms with Gasteiger partial charge in [0.25, 0.3) is 0 Å². The molecule has 2 aromatic heterocycles. The number of hydrogen-bond acceptors (Lipinski definition) is 3. The number of nitrogens with zero attached hydrogens (tertiary/aromatic N) is 2. The van der Waals surface area contributed by atoms with E-state index in [1.807, 2.05) is 19.9 Å². The Bertz CT molecular complexity index is 611. The van der Waals surface area contributed by atoms with Crippen LogP contribution in [0.15, 0.2) is 36.8 Å². The van der Waals surface area contributed by atoms with Crippen LogP contribution in [0.25, 0.3) is 0 Å². The van der Waals surface area contributed by atoms with E-state index >= 15 is 0 Å². The summed E-state index contributed by atoms with van der Waals surface area (Å²) < 4.78 is 39.6. The molecule has 0 aliphatic heterocycles. The molecule has 112 valence electrons. The van der Waals surface area contributed by atoms with E-state index in [0.717, 1.165) is 17.8 Å². The van der Waals surface area contributed by atoms with Gasteiger partial charge in [-0.1, -0.05) is 13.0 Å². The van der Waals surface area contributed by atoms with E-state index in [-0.39, 0.29) is 5.56 Å². The summed E-state index contributed by atoms with van der Waals surface area (Å²) >= 11 is 0. The maximum absolute atomic E-state index is 13.2. The van der Waals surface area contributed by atoms with Crippen LogP contribution in [0.2, 0.25) is 0 Å². The molecule has 2 rings (SSSR count). The topological polar surface area (TPSA) is 37.8 Å². The van der Waals surface area contributed by atoms with Gasteiger partial charge in [0, 0.05) is 24.2 Å². The summed E-state index contributed by atoms with van der Waals surface area (Å²) in [4.78, 5) is 8.09. The third kappa shape index (κ3) is 3.39. The fourth-order valence-electron chi connectivity index (χ4n) is 2.25. The molecule has 3 nitrogen and oxygen atoms in total. The Labute approximate surface area is 121 Å². The molecule has 0 saturated carbocycles. The lowest BCUT2D eigenvalue weighted by atomic mass is 9.97. The highest BCUT2D eigenvalue weighted by Crippen LogP contribution is 2.36. The molecule has 0 radical (unpaired) electrons. The molecule has 6 heteroatoms. The minimum Gasteiger partial charge on any atom is -0.305 e. The van der Waals surface area contributed by atoms with Crippen molar-refractivity contribution in [1.29, 1.82) is 0 Å². The minimum absolute atomic E-state index is 0.0913. The molecule has 1 N–H and O–H groups in total. The van der Waals surface area contributed by atoms with Gasteiger partial charge in [0.15, 0.2) is 0 Å². The van der Waals surface area contributed by atoms with Gasteiger partial charge in [0.1, 0.15) is 0 Å². The first-order valence-corrected chi connectivity index (χ1v) is 6.61. The van der Waals surface area contributed by atoms with Crippen LogP contribution >= 0.6 is 0 Å². The summed E-state index contributed by atoms with van der Waals surface area (Å²) in [5.41, 5.74) is 0.820. The summed E-state index contributed by atoms with van der Waals surface area (Å²) in [6, 6.07) is 3.95. The zero-order valence-corrected chi connectivity index (χ0v) is 11.8. The molecule has 0 bridgehead atoms. The van der Waals surface area contributed by atoms with Crippen LogP contribution in [0, 0.1) is 6.92 Å². The lowest BCUT2D eigenvalue weighted by Crippen LogP contribution is -2.26. The minimum atomic E-state index is -4.42. The van der Waals surface area contributed by atoms with Gasteiger partial charge >= 0.3 is 6.18 Å². The Morgan fingerprint density at radius 1 is 1.24 bits per heavy atom. The molecule has 0 spiro atoms. The number of alkyl halides is 3. The molecule has 0 amide bonds. The molecule has 21 heavy (non-hydrogen) atoms. The molecular formula is C15H16F3N3. The maximum Gasteiger partial charge on any atom is 0.416 e. The second-order valence-corrected chi connectivity index (χ2v) is 4.66. The van der Waals surface area contributed by atoms with Gasteiger partial charge in [0.2, 0.25) is 0 Å². The Balaban J connectivity index is 2.57. The predicted molar refractivity (Wildman–Crippen MR) is 73.7 cm³/mol. The van der Waals surface area contributed by atoms with E-state index in [2.05, 4.69) is 15.3 Å². The molecule has 0 saturated heterocycles. The number of halogens is 3. The largest absolute Gasteiger partial charge is 0.416 e. The standard InChI is InChI=1S/C15H16F3N3/c1-3-20-14(13-10(2)5-4-7-21-13)11-9-19-8-6-12(11)15(16,17)18/h4-9,14,20H,3H2,1-2H3. The van der Waals surface area contributed by atoms with Gasteiger partial charge in [-0.05, 0) is 31.2 Å². The number of pyridine rings is 2. The van der Waals surface area contributed by atoms with Crippen molar-refractivity contribution >= 4 is 0 Å². The van der Waals surface area contributed by atoms with Gasteiger partial charge in [-0.3, -0.25) is 9.97 Å². The van der Waals surface area contributed by atoms with Crippen LogP contribution in [0.1, 0.15) is 35.3 Å². The lowest BCUT2D eigenvalue weighted by Gasteiger charge is -2.22. The third-order valence-electron chi connectivity index (χ3n) is 3.20. The Morgan fingerprint density at radius 2 is 2.00 bits per heavy atom. The molecule has 0 fully saturated rings. The van der Waals surface area contributed by atoms with Crippen molar-refractivity contribution in [3.63, 3.8) is 0 Å². The van der Waals surface area contributed by atoms with Gasteiger partial charge in [-0.15, -0.1) is 0 Å². The summed E-state index contributed by atoms with van der Waals surface area (Å²) in [5.74, 6) is 0. The molecule has 0 aromatic carbocycles. The van der Waals surface area contributed by atoms with Crippen LogP contribution < -0.4 is 5.32 Å². The number of rotatable bonds is 4. The predicted octanol–water partition coefficient (Wildman–Crippen LogP) is 3.50. The monoisotopic (exact) mass is 295 g/mol. The smallest absolute Gasteiger partial charge is 0.305 e. The number of nitrogens with one attached hydrogen (secondary N) is 1. The highest BCUT2D eigenvalue weighted by Gasteiger charge is 2.36. The van der Waals surface area contributed by atoms with Gasteiger partial charge in [0.05, 0.1) is 17.3 Å². The van der Waals surface area contributed by atoms with Crippen LogP contribution in [-0.4, -0.2) is 16.5 Å². The first-order valence-electron chi connectivity index (χ1n) is 6.61. The lowest BCUT2D eigenvalue weighted by molar-refractivity contribution is -0.138. The molecular weight excluding hydrogens is 279 g/mol. The molecule has 1 unspecified atom stereocenters. The summed E-state index contributed by atoms with van der Waals surface area (Å²) in [7, 11) is 0. The zero-order valence-electron chi connectivity index (χ0n) is 11.8. The average Bonchev–Trinajstić information content (AvgIpc) is 2.45. The van der Waals surface area contributed by atoms with E-state index in [9.17, 15) is 13.2 Å². The summed E-state index contributed by atoms with van der Waals surface area (Å²) in [6.45, 7) is 4.19. The highest BCUT2D eigenvalue weighted by molar-refractivity contribution is 5.37. The Morgan fingerprint density at radius 3 is 2.62 bits per heavy atom. The van der Waals surface area contributed by atoms with Crippen molar-refractivity contribution in [3.05, 3.63) is 59.2 Å². The first-order chi connectivity index (χ1) is 9.95. The highest BCUT2D eigenvalue weighted by atomic mass is 19.4. The van der Waals surface area contributed by atoms with E-state index < -0.39 is 17.8 Å². The second kappa shape index (κ2) is 6.22. The summed E-state index contributed by atoms with van der Waals surface area (Å²) in [5, 5.41) is 3.07. The zero-order chi connectivity index (χ0) is 15.5. The molecule has 0 aliphatic rings. The normalized spacial score (nSPS) is 13.2. The van der Waals surface area contributed by atoms with Crippen molar-refractivity contribution in [1.82, 2.24) is 15.3 Å². The van der Waals surface area contributed by atoms with E-state index in [1.54, 1.807) is 12.3 Å². The quantitative estimate of drug-likeness (QED) is 0.938. The molecule has 0 aliphatic carbocycles. The summed E-state index contributed by atoms with van der Waals surface area (Å²) in [6.07, 6.45) is -0.435. The average molecular weight is 295 g/mol. The van der Waals surface area contributed by atoms with Gasteiger partial charge in [-0.25, -0.2) is 0 Å². The van der Waals surface area contributed by atoms with Crippen LogP contribution in [0.5, 0.6) is 0 Å². The van der Waals surface area contributed by atoms with E-state index in [4.69, 9.17) is 0 Å². The Hall–Kier alpha value is -1.95. The molecule has 2 heterocycles. The first kappa shape index (κ1) is 15.4. The second-order valence-electron chi connectivity index (χ2n) is 4.66. The van der Waals surface area contributed by atoms with Crippen molar-refractivity contribution < 1.29 is 13.2 Å². The van der Waals surface area contributed by atoms with E-state index in [1.165, 1.54) is 6.20 Å². The van der Waals surface area contributed by atoms with Gasteiger partial charge in [-0.2, -0.15) is 13.2 Å². The molecule has 2 aromatic rings. The van der Waals surface area contributed by atoms with Crippen molar-refractivity contribution in [2.75, 3.05) is 6.54 Å². The number of aryl methyl sites for hydroxylation is 1. The van der Waals surface area contributed by atoms with Crippen molar-refractivity contribution in [2.24, 2.45) is 0 Å². The third-order valence-corrected chi connectivity index (χ3v) is 3.20. The fourth-order valence-corrected chi connectivity index (χ4v) is 2.25. The Kier molecular flexibility index (Phi) is 4.57. The number of aromatic nitrogens is 2. The SMILES string of the molecule is CCNC(c1cnccc1C(F)(F)F)c1ncccc1C. The fraction of sp³-hybridized carbons (Fsp3) is 0.333. The van der Waals surface area contributed by atoms with Crippen LogP contribution in [-0.2, 0) is 6.18 Å². The van der Waals surface area contributed by atoms with Crippen molar-refractivity contribution in [3.8, 4) is 0 Å². The number of hydrogen-bond donors (Lipinski definition) is 1. The maximum atomic E-state index is 13.2. The van der Waals surface area contributed by atoms with Crippen LogP contribution in [0.4, 0.5) is 13.2 Å². The van der Waals surface area contributed by atoms with Crippen LogP contribution in [0.3, 0.4) is 0 Å². The van der Waals surface area contributed by atoms with E-state index in [0.29, 0.717) is 12.2 Å².